The molecule has 2 amide bonds. The molecule has 1 N–H and O–H groups in total. The van der Waals surface area contributed by atoms with Crippen LogP contribution in [0.2, 0.25) is 0 Å². The van der Waals surface area contributed by atoms with E-state index in [2.05, 4.69) is 5.32 Å². The monoisotopic (exact) mass is 318 g/mol. The highest BCUT2D eigenvalue weighted by atomic mass is 16.5. The molecule has 1 aromatic rings. The van der Waals surface area contributed by atoms with Gasteiger partial charge in [0.05, 0.1) is 12.5 Å². The summed E-state index contributed by atoms with van der Waals surface area (Å²) in [5, 5.41) is 2.59. The van der Waals surface area contributed by atoms with Crippen LogP contribution in [0, 0.1) is 12.8 Å². The molecule has 0 bridgehead atoms. The molecule has 1 saturated heterocycles. The van der Waals surface area contributed by atoms with Crippen molar-refractivity contribution in [2.24, 2.45) is 5.92 Å². The molecular weight excluding hydrogens is 296 g/mol. The third-order valence-electron chi connectivity index (χ3n) is 3.83. The molecule has 6 nitrogen and oxygen atoms in total. The predicted octanol–water partition coefficient (Wildman–Crippen LogP) is 1.74. The van der Waals surface area contributed by atoms with Gasteiger partial charge in [0.25, 0.3) is 0 Å². The largest absolute Gasteiger partial charge is 0.466 e. The molecule has 1 fully saturated rings. The summed E-state index contributed by atoms with van der Waals surface area (Å²) in [6, 6.07) is 7.21. The maximum atomic E-state index is 12.3. The van der Waals surface area contributed by atoms with Gasteiger partial charge in [0, 0.05) is 18.8 Å². The molecule has 1 atom stereocenters. The van der Waals surface area contributed by atoms with Crippen LogP contribution in [0.3, 0.4) is 0 Å². The van der Waals surface area contributed by atoms with Crippen molar-refractivity contribution in [2.45, 2.75) is 26.7 Å². The van der Waals surface area contributed by atoms with Crippen molar-refractivity contribution in [3.63, 3.8) is 0 Å². The van der Waals surface area contributed by atoms with E-state index in [1.165, 1.54) is 4.90 Å². The number of esters is 1. The number of benzene rings is 1. The van der Waals surface area contributed by atoms with Crippen molar-refractivity contribution in [3.05, 3.63) is 29.8 Å². The normalized spacial score (nSPS) is 17.5. The summed E-state index contributed by atoms with van der Waals surface area (Å²) in [7, 11) is 0. The van der Waals surface area contributed by atoms with E-state index < -0.39 is 11.8 Å². The van der Waals surface area contributed by atoms with Gasteiger partial charge in [-0.05, 0) is 38.8 Å². The van der Waals surface area contributed by atoms with E-state index in [-0.39, 0.29) is 18.4 Å². The summed E-state index contributed by atoms with van der Waals surface area (Å²) in [5.41, 5.74) is 1.65. The molecule has 0 saturated carbocycles. The van der Waals surface area contributed by atoms with Crippen LogP contribution in [0.25, 0.3) is 0 Å². The van der Waals surface area contributed by atoms with Crippen molar-refractivity contribution in [3.8, 4) is 0 Å². The Morgan fingerprint density at radius 3 is 2.61 bits per heavy atom. The summed E-state index contributed by atoms with van der Waals surface area (Å²) in [6.45, 7) is 4.73. The Bertz CT molecular complexity index is 583. The molecule has 124 valence electrons. The van der Waals surface area contributed by atoms with Gasteiger partial charge < -0.3 is 15.0 Å². The Morgan fingerprint density at radius 1 is 1.26 bits per heavy atom. The van der Waals surface area contributed by atoms with Crippen LogP contribution in [0.4, 0.5) is 5.69 Å². The number of ether oxygens (including phenoxy) is 1. The molecule has 0 aliphatic carbocycles. The fourth-order valence-electron chi connectivity index (χ4n) is 2.58. The third kappa shape index (κ3) is 4.55. The fourth-order valence-corrected chi connectivity index (χ4v) is 2.58. The van der Waals surface area contributed by atoms with Gasteiger partial charge in [-0.15, -0.1) is 0 Å². The van der Waals surface area contributed by atoms with Gasteiger partial charge in [0.1, 0.15) is 0 Å². The van der Waals surface area contributed by atoms with Gasteiger partial charge in [-0.3, -0.25) is 14.4 Å². The molecular formula is C17H22N2O4. The van der Waals surface area contributed by atoms with Crippen LogP contribution in [0.5, 0.6) is 0 Å². The second-order valence-electron chi connectivity index (χ2n) is 5.66. The van der Waals surface area contributed by atoms with Gasteiger partial charge in [0.2, 0.25) is 0 Å². The van der Waals surface area contributed by atoms with E-state index in [4.69, 9.17) is 4.74 Å². The number of nitrogens with one attached hydrogen (secondary N) is 1. The van der Waals surface area contributed by atoms with Crippen LogP contribution in [0.1, 0.15) is 25.3 Å². The Balaban J connectivity index is 1.94. The maximum absolute atomic E-state index is 12.3. The highest BCUT2D eigenvalue weighted by molar-refractivity contribution is 6.39. The van der Waals surface area contributed by atoms with Crippen molar-refractivity contribution in [1.82, 2.24) is 4.90 Å². The second-order valence-corrected chi connectivity index (χ2v) is 5.66. The Hall–Kier alpha value is -2.37. The number of carbonyl (C=O) groups excluding carboxylic acids is 3. The molecule has 1 aliphatic rings. The minimum absolute atomic E-state index is 0.235. The lowest BCUT2D eigenvalue weighted by Gasteiger charge is -2.30. The van der Waals surface area contributed by atoms with Crippen molar-refractivity contribution in [2.75, 3.05) is 25.0 Å². The molecule has 2 rings (SSSR count). The minimum atomic E-state index is -0.682. The lowest BCUT2D eigenvalue weighted by Crippen LogP contribution is -2.47. The number of hydrogen-bond acceptors (Lipinski definition) is 4. The molecule has 1 aliphatic heterocycles. The van der Waals surface area contributed by atoms with Gasteiger partial charge in [-0.25, -0.2) is 0 Å². The Labute approximate surface area is 135 Å². The van der Waals surface area contributed by atoms with Crippen molar-refractivity contribution < 1.29 is 19.1 Å². The van der Waals surface area contributed by atoms with Crippen molar-refractivity contribution >= 4 is 23.5 Å². The molecule has 1 unspecified atom stereocenters. The molecule has 0 spiro atoms. The first-order valence-electron chi connectivity index (χ1n) is 7.84. The van der Waals surface area contributed by atoms with E-state index in [1.807, 2.05) is 19.1 Å². The van der Waals surface area contributed by atoms with E-state index in [0.29, 0.717) is 31.7 Å². The summed E-state index contributed by atoms with van der Waals surface area (Å²) < 4.78 is 5.00. The Morgan fingerprint density at radius 2 is 1.96 bits per heavy atom. The van der Waals surface area contributed by atoms with Gasteiger partial charge in [-0.1, -0.05) is 17.7 Å². The minimum Gasteiger partial charge on any atom is -0.466 e. The first-order valence-corrected chi connectivity index (χ1v) is 7.84. The van der Waals surface area contributed by atoms with E-state index in [9.17, 15) is 14.4 Å². The molecule has 0 radical (unpaired) electrons. The van der Waals surface area contributed by atoms with Gasteiger partial charge in [0.15, 0.2) is 0 Å². The van der Waals surface area contributed by atoms with Crippen molar-refractivity contribution in [1.29, 1.82) is 0 Å². The van der Waals surface area contributed by atoms with E-state index in [1.54, 1.807) is 19.1 Å². The quantitative estimate of drug-likeness (QED) is 0.680. The topological polar surface area (TPSA) is 75.7 Å². The summed E-state index contributed by atoms with van der Waals surface area (Å²) in [5.74, 6) is -1.94. The molecule has 6 heteroatoms. The number of anilines is 1. The molecule has 0 aromatic heterocycles. The number of carbonyl (C=O) groups is 3. The average molecular weight is 318 g/mol. The van der Waals surface area contributed by atoms with Crippen LogP contribution in [-0.2, 0) is 19.1 Å². The SMILES string of the molecule is CCOC(=O)C1CCCN(C(=O)C(=O)Nc2ccc(C)cc2)C1. The number of piperidine rings is 1. The zero-order chi connectivity index (χ0) is 16.8. The standard InChI is InChI=1S/C17H22N2O4/c1-3-23-17(22)13-5-4-10-19(11-13)16(21)15(20)18-14-8-6-12(2)7-9-14/h6-9,13H,3-5,10-11H2,1-2H3,(H,18,20). The first-order chi connectivity index (χ1) is 11.0. The number of rotatable bonds is 3. The van der Waals surface area contributed by atoms with Gasteiger partial charge >= 0.3 is 17.8 Å². The third-order valence-corrected chi connectivity index (χ3v) is 3.83. The lowest BCUT2D eigenvalue weighted by atomic mass is 9.98. The number of nitrogens with zero attached hydrogens (tertiary/aromatic N) is 1. The fraction of sp³-hybridized carbons (Fsp3) is 0.471. The first kappa shape index (κ1) is 17.0. The predicted molar refractivity (Wildman–Crippen MR) is 85.7 cm³/mol. The highest BCUT2D eigenvalue weighted by Crippen LogP contribution is 2.18. The lowest BCUT2D eigenvalue weighted by molar-refractivity contribution is -0.153. The van der Waals surface area contributed by atoms with E-state index >= 15 is 0 Å². The summed E-state index contributed by atoms with van der Waals surface area (Å²) in [4.78, 5) is 37.6. The number of amides is 2. The number of aryl methyl sites for hydroxylation is 1. The summed E-state index contributed by atoms with van der Waals surface area (Å²) >= 11 is 0. The van der Waals surface area contributed by atoms with Crippen LogP contribution < -0.4 is 5.32 Å². The van der Waals surface area contributed by atoms with Gasteiger partial charge in [-0.2, -0.15) is 0 Å². The second kappa shape index (κ2) is 7.76. The zero-order valence-electron chi connectivity index (χ0n) is 13.5. The smallest absolute Gasteiger partial charge is 0.313 e. The van der Waals surface area contributed by atoms with Crippen LogP contribution >= 0.6 is 0 Å². The molecule has 1 aromatic carbocycles. The zero-order valence-corrected chi connectivity index (χ0v) is 13.5. The molecule has 23 heavy (non-hydrogen) atoms. The van der Waals surface area contributed by atoms with Crippen LogP contribution in [-0.4, -0.2) is 42.4 Å². The molecule has 1 heterocycles. The van der Waals surface area contributed by atoms with Crippen LogP contribution in [0.15, 0.2) is 24.3 Å². The summed E-state index contributed by atoms with van der Waals surface area (Å²) in [6.07, 6.45) is 1.37. The Kier molecular flexibility index (Phi) is 5.73. The maximum Gasteiger partial charge on any atom is 0.313 e. The highest BCUT2D eigenvalue weighted by Gasteiger charge is 2.31. The average Bonchev–Trinajstić information content (AvgIpc) is 2.56. The van der Waals surface area contributed by atoms with E-state index in [0.717, 1.165) is 5.56 Å². The number of hydrogen-bond donors (Lipinski definition) is 1. The number of likely N-dealkylation sites (tertiary alicyclic amines) is 1.